The number of anilines is 3. The fourth-order valence-electron chi connectivity index (χ4n) is 3.54. The number of amides is 1. The Morgan fingerprint density at radius 3 is 2.50 bits per heavy atom. The summed E-state index contributed by atoms with van der Waals surface area (Å²) in [5, 5.41) is 5.86. The second kappa shape index (κ2) is 9.30. The van der Waals surface area contributed by atoms with E-state index >= 15 is 0 Å². The van der Waals surface area contributed by atoms with Gasteiger partial charge < -0.3 is 10.6 Å². The number of nitrogens with one attached hydrogen (secondary N) is 2. The van der Waals surface area contributed by atoms with Crippen LogP contribution in [0.1, 0.15) is 27.0 Å². The average molecular weight is 463 g/mol. The summed E-state index contributed by atoms with van der Waals surface area (Å²) in [6, 6.07) is 13.4. The number of pyridine rings is 1. The molecule has 172 valence electrons. The zero-order chi connectivity index (χ0) is 24.3. The number of carbonyl (C=O) groups excluding carboxylic acids is 1. The molecule has 2 aromatic carbocycles. The van der Waals surface area contributed by atoms with Gasteiger partial charge in [0, 0.05) is 34.9 Å². The number of nitrogens with zero attached hydrogens (tertiary/aromatic N) is 3. The lowest BCUT2D eigenvalue weighted by Gasteiger charge is -2.17. The Kier molecular flexibility index (Phi) is 6.27. The van der Waals surface area contributed by atoms with Gasteiger partial charge in [0.2, 0.25) is 0 Å². The maximum Gasteiger partial charge on any atom is 0.416 e. The van der Waals surface area contributed by atoms with Crippen molar-refractivity contribution in [1.29, 1.82) is 0 Å². The molecular formula is C25H20F3N5O. The third-order valence-corrected chi connectivity index (χ3v) is 5.27. The number of carbonyl (C=O) groups is 1. The van der Waals surface area contributed by atoms with E-state index in [0.717, 1.165) is 23.3 Å². The van der Waals surface area contributed by atoms with E-state index in [1.807, 2.05) is 13.0 Å². The van der Waals surface area contributed by atoms with Crippen LogP contribution in [0.2, 0.25) is 0 Å². The van der Waals surface area contributed by atoms with E-state index in [1.165, 1.54) is 18.5 Å². The highest BCUT2D eigenvalue weighted by molar-refractivity contribution is 6.06. The molecule has 0 unspecified atom stereocenters. The van der Waals surface area contributed by atoms with Gasteiger partial charge in [0.25, 0.3) is 5.91 Å². The SMILES string of the molecule is Cc1ccc(C(=O)Nc2cccc(C(F)(F)F)c2)c(C)c1Nc1ncccc1-c1ccncn1. The van der Waals surface area contributed by atoms with E-state index in [9.17, 15) is 18.0 Å². The van der Waals surface area contributed by atoms with Crippen LogP contribution in [0.15, 0.2) is 73.3 Å². The van der Waals surface area contributed by atoms with Gasteiger partial charge in [-0.1, -0.05) is 12.1 Å². The topological polar surface area (TPSA) is 79.8 Å². The van der Waals surface area contributed by atoms with Gasteiger partial charge in [-0.05, 0) is 67.4 Å². The number of aryl methyl sites for hydroxylation is 1. The number of halogens is 3. The predicted molar refractivity (Wildman–Crippen MR) is 124 cm³/mol. The van der Waals surface area contributed by atoms with E-state index in [2.05, 4.69) is 25.6 Å². The van der Waals surface area contributed by atoms with Crippen LogP contribution in [0.25, 0.3) is 11.3 Å². The molecule has 9 heteroatoms. The molecule has 6 nitrogen and oxygen atoms in total. The van der Waals surface area contributed by atoms with Crippen molar-refractivity contribution in [2.75, 3.05) is 10.6 Å². The highest BCUT2D eigenvalue weighted by Gasteiger charge is 2.30. The molecule has 4 aromatic rings. The molecule has 0 aliphatic rings. The fourth-order valence-corrected chi connectivity index (χ4v) is 3.54. The molecule has 0 atom stereocenters. The number of rotatable bonds is 5. The molecule has 0 aliphatic carbocycles. The molecule has 1 amide bonds. The van der Waals surface area contributed by atoms with Crippen LogP contribution in [0.3, 0.4) is 0 Å². The van der Waals surface area contributed by atoms with E-state index < -0.39 is 17.6 Å². The van der Waals surface area contributed by atoms with E-state index in [4.69, 9.17) is 0 Å². The summed E-state index contributed by atoms with van der Waals surface area (Å²) in [6.07, 6.45) is 0.221. The van der Waals surface area contributed by atoms with Gasteiger partial charge in [0.05, 0.1) is 11.3 Å². The first-order valence-corrected chi connectivity index (χ1v) is 10.3. The number of hydrogen-bond donors (Lipinski definition) is 2. The molecule has 0 bridgehead atoms. The summed E-state index contributed by atoms with van der Waals surface area (Å²) in [5.74, 6) is 0.0276. The third-order valence-electron chi connectivity index (χ3n) is 5.27. The van der Waals surface area contributed by atoms with Crippen molar-refractivity contribution in [3.05, 3.63) is 95.6 Å². The summed E-state index contributed by atoms with van der Waals surface area (Å²) in [4.78, 5) is 25.6. The minimum Gasteiger partial charge on any atom is -0.339 e. The highest BCUT2D eigenvalue weighted by atomic mass is 19.4. The van der Waals surface area contributed by atoms with Gasteiger partial charge in [0.1, 0.15) is 12.1 Å². The third kappa shape index (κ3) is 4.88. The molecule has 0 spiro atoms. The molecule has 0 saturated carbocycles. The van der Waals surface area contributed by atoms with Crippen molar-refractivity contribution in [2.24, 2.45) is 0 Å². The first-order valence-electron chi connectivity index (χ1n) is 10.3. The summed E-state index contributed by atoms with van der Waals surface area (Å²) < 4.78 is 39.1. The lowest BCUT2D eigenvalue weighted by atomic mass is 10.0. The van der Waals surface area contributed by atoms with Gasteiger partial charge in [0.15, 0.2) is 0 Å². The Balaban J connectivity index is 1.65. The Labute approximate surface area is 193 Å². The van der Waals surface area contributed by atoms with Gasteiger partial charge in [-0.2, -0.15) is 13.2 Å². The van der Waals surface area contributed by atoms with Crippen LogP contribution in [-0.4, -0.2) is 20.9 Å². The zero-order valence-corrected chi connectivity index (χ0v) is 18.3. The summed E-state index contributed by atoms with van der Waals surface area (Å²) in [6.45, 7) is 3.65. The van der Waals surface area contributed by atoms with Crippen molar-refractivity contribution < 1.29 is 18.0 Å². The molecular weight excluding hydrogens is 443 g/mol. The van der Waals surface area contributed by atoms with Crippen LogP contribution in [0.4, 0.5) is 30.4 Å². The first kappa shape index (κ1) is 22.9. The Hall–Kier alpha value is -4.27. The van der Waals surface area contributed by atoms with E-state index in [-0.39, 0.29) is 5.69 Å². The van der Waals surface area contributed by atoms with Crippen LogP contribution in [0.5, 0.6) is 0 Å². The molecule has 0 radical (unpaired) electrons. The van der Waals surface area contributed by atoms with Crippen LogP contribution >= 0.6 is 0 Å². The van der Waals surface area contributed by atoms with Crippen LogP contribution in [0, 0.1) is 13.8 Å². The largest absolute Gasteiger partial charge is 0.416 e. The highest BCUT2D eigenvalue weighted by Crippen LogP contribution is 2.33. The van der Waals surface area contributed by atoms with Crippen LogP contribution < -0.4 is 10.6 Å². The van der Waals surface area contributed by atoms with E-state index in [0.29, 0.717) is 28.3 Å². The molecule has 0 aliphatic heterocycles. The summed E-state index contributed by atoms with van der Waals surface area (Å²) in [7, 11) is 0. The van der Waals surface area contributed by atoms with Crippen molar-refractivity contribution >= 4 is 23.1 Å². The smallest absolute Gasteiger partial charge is 0.339 e. The normalized spacial score (nSPS) is 11.2. The molecule has 4 rings (SSSR count). The van der Waals surface area contributed by atoms with Gasteiger partial charge in [-0.3, -0.25) is 4.79 Å². The number of benzene rings is 2. The molecule has 34 heavy (non-hydrogen) atoms. The number of alkyl halides is 3. The first-order chi connectivity index (χ1) is 16.2. The Morgan fingerprint density at radius 1 is 0.941 bits per heavy atom. The number of hydrogen-bond acceptors (Lipinski definition) is 5. The lowest BCUT2D eigenvalue weighted by molar-refractivity contribution is -0.137. The van der Waals surface area contributed by atoms with E-state index in [1.54, 1.807) is 43.6 Å². The summed E-state index contributed by atoms with van der Waals surface area (Å²) >= 11 is 0. The maximum atomic E-state index is 13.0. The second-order valence-corrected chi connectivity index (χ2v) is 7.58. The van der Waals surface area contributed by atoms with Gasteiger partial charge in [-0.15, -0.1) is 0 Å². The zero-order valence-electron chi connectivity index (χ0n) is 18.3. The Bertz CT molecular complexity index is 1340. The van der Waals surface area contributed by atoms with Crippen molar-refractivity contribution in [3.63, 3.8) is 0 Å². The lowest BCUT2D eigenvalue weighted by Crippen LogP contribution is -2.15. The molecule has 2 heterocycles. The monoisotopic (exact) mass is 463 g/mol. The maximum absolute atomic E-state index is 13.0. The molecule has 0 fully saturated rings. The molecule has 2 aromatic heterocycles. The standard InChI is InChI=1S/C25H20F3N5O/c1-15-8-9-19(24(34)32-18-6-3-5-17(13-18)25(26,27)28)16(2)22(15)33-23-20(7-4-11-30-23)21-10-12-29-14-31-21/h3-14H,1-2H3,(H,30,33)(H,32,34). The fraction of sp³-hybridized carbons (Fsp3) is 0.120. The van der Waals surface area contributed by atoms with Gasteiger partial charge >= 0.3 is 6.18 Å². The van der Waals surface area contributed by atoms with Crippen LogP contribution in [-0.2, 0) is 6.18 Å². The quantitative estimate of drug-likeness (QED) is 0.370. The second-order valence-electron chi connectivity index (χ2n) is 7.58. The summed E-state index contributed by atoms with van der Waals surface area (Å²) in [5.41, 5.74) is 3.15. The Morgan fingerprint density at radius 2 is 1.76 bits per heavy atom. The van der Waals surface area contributed by atoms with Gasteiger partial charge in [-0.25, -0.2) is 15.0 Å². The number of aromatic nitrogens is 3. The molecule has 0 saturated heterocycles. The average Bonchev–Trinajstić information content (AvgIpc) is 2.82. The molecule has 2 N–H and O–H groups in total. The van der Waals surface area contributed by atoms with Crippen molar-refractivity contribution in [2.45, 2.75) is 20.0 Å². The minimum atomic E-state index is -4.50. The predicted octanol–water partition coefficient (Wildman–Crippen LogP) is 6.17. The van der Waals surface area contributed by atoms with Crippen molar-refractivity contribution in [3.8, 4) is 11.3 Å². The van der Waals surface area contributed by atoms with Crippen molar-refractivity contribution in [1.82, 2.24) is 15.0 Å². The minimum absolute atomic E-state index is 0.0603.